The van der Waals surface area contributed by atoms with E-state index < -0.39 is 11.8 Å². The molecule has 114 valence electrons. The maximum Gasteiger partial charge on any atom is 0.314 e. The molecule has 0 saturated heterocycles. The highest BCUT2D eigenvalue weighted by atomic mass is 16.5. The van der Waals surface area contributed by atoms with E-state index in [-0.39, 0.29) is 5.75 Å². The molecule has 0 aliphatic heterocycles. The Labute approximate surface area is 127 Å². The van der Waals surface area contributed by atoms with Gasteiger partial charge in [0.2, 0.25) is 0 Å². The summed E-state index contributed by atoms with van der Waals surface area (Å²) in [6.45, 7) is 2.27. The molecule has 0 aliphatic rings. The second kappa shape index (κ2) is 7.12. The van der Waals surface area contributed by atoms with E-state index in [1.165, 1.54) is 12.1 Å². The minimum Gasteiger partial charge on any atom is -0.508 e. The van der Waals surface area contributed by atoms with E-state index in [4.69, 9.17) is 4.74 Å². The Hall–Kier alpha value is -3.02. The highest BCUT2D eigenvalue weighted by molar-refractivity contribution is 6.43. The molecule has 0 bridgehead atoms. The molecule has 0 saturated carbocycles. The van der Waals surface area contributed by atoms with E-state index in [0.717, 1.165) is 0 Å². The number of carbonyl (C=O) groups is 2. The second-order valence-corrected chi connectivity index (χ2v) is 4.39. The van der Waals surface area contributed by atoms with Crippen molar-refractivity contribution in [1.82, 2.24) is 0 Å². The number of carbonyl (C=O) groups excluding carboxylic acids is 2. The molecule has 0 radical (unpaired) electrons. The quantitative estimate of drug-likeness (QED) is 0.756. The summed E-state index contributed by atoms with van der Waals surface area (Å²) < 4.78 is 5.37. The summed E-state index contributed by atoms with van der Waals surface area (Å²) in [7, 11) is 0. The van der Waals surface area contributed by atoms with E-state index in [0.29, 0.717) is 23.7 Å². The van der Waals surface area contributed by atoms with Gasteiger partial charge in [-0.15, -0.1) is 0 Å². The Morgan fingerprint density at radius 1 is 1.05 bits per heavy atom. The van der Waals surface area contributed by atoms with Gasteiger partial charge in [0.25, 0.3) is 0 Å². The Kier molecular flexibility index (Phi) is 4.98. The molecular formula is C16H16N2O4. The topological polar surface area (TPSA) is 87.7 Å². The van der Waals surface area contributed by atoms with Gasteiger partial charge in [-0.2, -0.15) is 0 Å². The van der Waals surface area contributed by atoms with Crippen LogP contribution in [0.15, 0.2) is 48.5 Å². The van der Waals surface area contributed by atoms with Gasteiger partial charge in [-0.05, 0) is 31.2 Å². The number of ether oxygens (including phenoxy) is 1. The monoisotopic (exact) mass is 300 g/mol. The lowest BCUT2D eigenvalue weighted by Gasteiger charge is -2.11. The Morgan fingerprint density at radius 3 is 2.50 bits per heavy atom. The largest absolute Gasteiger partial charge is 0.508 e. The number of para-hydroxylation sites is 2. The van der Waals surface area contributed by atoms with Crippen LogP contribution in [0.1, 0.15) is 6.92 Å². The number of anilines is 2. The van der Waals surface area contributed by atoms with Gasteiger partial charge in [0.05, 0.1) is 12.3 Å². The third-order valence-corrected chi connectivity index (χ3v) is 2.75. The van der Waals surface area contributed by atoms with Crippen molar-refractivity contribution in [2.45, 2.75) is 6.92 Å². The van der Waals surface area contributed by atoms with Crippen LogP contribution in [0.4, 0.5) is 11.4 Å². The molecule has 2 aromatic carbocycles. The fraction of sp³-hybridized carbons (Fsp3) is 0.125. The van der Waals surface area contributed by atoms with Crippen LogP contribution >= 0.6 is 0 Å². The molecule has 2 amide bonds. The minimum atomic E-state index is -0.836. The number of nitrogens with one attached hydrogen (secondary N) is 2. The van der Waals surface area contributed by atoms with E-state index in [9.17, 15) is 14.7 Å². The zero-order valence-corrected chi connectivity index (χ0v) is 12.0. The summed E-state index contributed by atoms with van der Waals surface area (Å²) in [5, 5.41) is 14.2. The molecule has 0 unspecified atom stereocenters. The summed E-state index contributed by atoms with van der Waals surface area (Å²) in [4.78, 5) is 23.8. The van der Waals surface area contributed by atoms with Crippen molar-refractivity contribution >= 4 is 23.2 Å². The fourth-order valence-corrected chi connectivity index (χ4v) is 1.80. The van der Waals surface area contributed by atoms with Gasteiger partial charge in [-0.1, -0.05) is 18.2 Å². The number of hydrogen-bond acceptors (Lipinski definition) is 4. The van der Waals surface area contributed by atoms with E-state index in [2.05, 4.69) is 10.6 Å². The van der Waals surface area contributed by atoms with Crippen LogP contribution in [-0.2, 0) is 9.59 Å². The first-order valence-electron chi connectivity index (χ1n) is 6.73. The maximum atomic E-state index is 11.9. The summed E-state index contributed by atoms with van der Waals surface area (Å²) in [5.74, 6) is -1.17. The third-order valence-electron chi connectivity index (χ3n) is 2.75. The smallest absolute Gasteiger partial charge is 0.314 e. The molecule has 6 nitrogen and oxygen atoms in total. The average molecular weight is 300 g/mol. The van der Waals surface area contributed by atoms with Crippen LogP contribution < -0.4 is 15.4 Å². The second-order valence-electron chi connectivity index (χ2n) is 4.39. The van der Waals surface area contributed by atoms with Gasteiger partial charge in [-0.25, -0.2) is 0 Å². The van der Waals surface area contributed by atoms with Crippen molar-refractivity contribution in [2.24, 2.45) is 0 Å². The third kappa shape index (κ3) is 3.99. The van der Waals surface area contributed by atoms with Crippen LogP contribution in [0.25, 0.3) is 0 Å². The molecule has 3 N–H and O–H groups in total. The summed E-state index contributed by atoms with van der Waals surface area (Å²) in [6.07, 6.45) is 0. The lowest BCUT2D eigenvalue weighted by atomic mass is 10.2. The summed E-state index contributed by atoms with van der Waals surface area (Å²) >= 11 is 0. The number of phenols is 1. The van der Waals surface area contributed by atoms with Gasteiger partial charge in [0.15, 0.2) is 0 Å². The number of hydrogen-bond donors (Lipinski definition) is 3. The first-order chi connectivity index (χ1) is 10.6. The van der Waals surface area contributed by atoms with Gasteiger partial charge in [0, 0.05) is 11.8 Å². The highest BCUT2D eigenvalue weighted by Gasteiger charge is 2.16. The van der Waals surface area contributed by atoms with Crippen LogP contribution in [0.3, 0.4) is 0 Å². The van der Waals surface area contributed by atoms with Crippen LogP contribution in [0.5, 0.6) is 11.5 Å². The predicted molar refractivity (Wildman–Crippen MR) is 83.0 cm³/mol. The van der Waals surface area contributed by atoms with Gasteiger partial charge >= 0.3 is 11.8 Å². The van der Waals surface area contributed by atoms with Crippen molar-refractivity contribution < 1.29 is 19.4 Å². The van der Waals surface area contributed by atoms with Gasteiger partial charge in [0.1, 0.15) is 11.5 Å². The molecule has 0 aromatic heterocycles. The Bertz CT molecular complexity index is 685. The molecule has 22 heavy (non-hydrogen) atoms. The van der Waals surface area contributed by atoms with E-state index in [1.807, 2.05) is 6.92 Å². The average Bonchev–Trinajstić information content (AvgIpc) is 2.49. The van der Waals surface area contributed by atoms with E-state index in [1.54, 1.807) is 36.4 Å². The number of aromatic hydroxyl groups is 1. The Morgan fingerprint density at radius 2 is 1.77 bits per heavy atom. The molecule has 0 aliphatic carbocycles. The minimum absolute atomic E-state index is 0.0000930. The molecule has 0 heterocycles. The van der Waals surface area contributed by atoms with Crippen LogP contribution in [-0.4, -0.2) is 23.5 Å². The van der Waals surface area contributed by atoms with Crippen LogP contribution in [0.2, 0.25) is 0 Å². The lowest BCUT2D eigenvalue weighted by Crippen LogP contribution is -2.29. The zero-order valence-electron chi connectivity index (χ0n) is 12.0. The number of amides is 2. The first kappa shape index (κ1) is 15.4. The predicted octanol–water partition coefficient (Wildman–Crippen LogP) is 2.37. The van der Waals surface area contributed by atoms with Crippen molar-refractivity contribution in [3.05, 3.63) is 48.5 Å². The normalized spacial score (nSPS) is 9.86. The molecular weight excluding hydrogens is 284 g/mol. The summed E-state index contributed by atoms with van der Waals surface area (Å²) in [5.41, 5.74) is 0.749. The molecule has 2 aromatic rings. The molecule has 0 atom stereocenters. The molecule has 0 spiro atoms. The van der Waals surface area contributed by atoms with Gasteiger partial charge in [-0.3, -0.25) is 9.59 Å². The number of rotatable bonds is 4. The highest BCUT2D eigenvalue weighted by Crippen LogP contribution is 2.23. The Balaban J connectivity index is 2.04. The number of phenolic OH excluding ortho intramolecular Hbond substituents is 1. The SMILES string of the molecule is CCOc1ccccc1NC(=O)C(=O)Nc1cccc(O)c1. The first-order valence-corrected chi connectivity index (χ1v) is 6.73. The molecule has 0 fully saturated rings. The van der Waals surface area contributed by atoms with Gasteiger partial charge < -0.3 is 20.5 Å². The van der Waals surface area contributed by atoms with E-state index >= 15 is 0 Å². The molecule has 2 rings (SSSR count). The van der Waals surface area contributed by atoms with Crippen molar-refractivity contribution in [3.8, 4) is 11.5 Å². The van der Waals surface area contributed by atoms with Crippen LogP contribution in [0, 0.1) is 0 Å². The summed E-state index contributed by atoms with van der Waals surface area (Å²) in [6, 6.07) is 12.8. The zero-order chi connectivity index (χ0) is 15.9. The van der Waals surface area contributed by atoms with Crippen molar-refractivity contribution in [3.63, 3.8) is 0 Å². The maximum absolute atomic E-state index is 11.9. The van der Waals surface area contributed by atoms with Crippen molar-refractivity contribution in [2.75, 3.05) is 17.2 Å². The standard InChI is InChI=1S/C16H16N2O4/c1-2-22-14-9-4-3-8-13(14)18-16(21)15(20)17-11-6-5-7-12(19)10-11/h3-10,19H,2H2,1H3,(H,17,20)(H,18,21). The number of benzene rings is 2. The molecule has 6 heteroatoms. The van der Waals surface area contributed by atoms with Crippen molar-refractivity contribution in [1.29, 1.82) is 0 Å². The fourth-order valence-electron chi connectivity index (χ4n) is 1.80. The lowest BCUT2D eigenvalue weighted by molar-refractivity contribution is -0.133.